The van der Waals surface area contributed by atoms with E-state index in [2.05, 4.69) is 9.72 Å². The average molecular weight is 212 g/mol. The molecule has 0 saturated carbocycles. The van der Waals surface area contributed by atoms with Crippen LogP contribution in [0.3, 0.4) is 0 Å². The average Bonchev–Trinajstić information content (AvgIpc) is 2.26. The summed E-state index contributed by atoms with van der Waals surface area (Å²) < 4.78 is 29.5. The molecule has 0 aliphatic rings. The number of pyridine rings is 1. The fourth-order valence-corrected chi connectivity index (χ4v) is 1.03. The number of carbonyl (C=O) groups is 1. The van der Waals surface area contributed by atoms with Crippen LogP contribution < -0.4 is 4.74 Å². The highest BCUT2D eigenvalue weighted by Gasteiger charge is 2.18. The van der Waals surface area contributed by atoms with Crippen molar-refractivity contribution in [2.45, 2.75) is 6.43 Å². The molecule has 1 heterocycles. The van der Waals surface area contributed by atoms with E-state index in [4.69, 9.17) is 5.26 Å². The van der Waals surface area contributed by atoms with E-state index < -0.39 is 17.7 Å². The Bertz CT molecular complexity index is 427. The summed E-state index contributed by atoms with van der Waals surface area (Å²) in [5.41, 5.74) is -1.11. The quantitative estimate of drug-likeness (QED) is 0.715. The first-order valence-electron chi connectivity index (χ1n) is 3.86. The van der Waals surface area contributed by atoms with Gasteiger partial charge < -0.3 is 4.74 Å². The smallest absolute Gasteiger partial charge is 0.266 e. The maximum Gasteiger partial charge on any atom is 0.266 e. The number of halogens is 2. The second-order valence-electron chi connectivity index (χ2n) is 2.56. The third kappa shape index (κ3) is 2.07. The number of ether oxygens (including phenoxy) is 1. The van der Waals surface area contributed by atoms with Gasteiger partial charge >= 0.3 is 0 Å². The molecule has 0 atom stereocenters. The van der Waals surface area contributed by atoms with Gasteiger partial charge in [0.1, 0.15) is 6.07 Å². The van der Waals surface area contributed by atoms with Crippen molar-refractivity contribution in [1.82, 2.24) is 4.98 Å². The van der Waals surface area contributed by atoms with Crippen LogP contribution in [0.5, 0.6) is 5.88 Å². The number of hydrogen-bond donors (Lipinski definition) is 0. The van der Waals surface area contributed by atoms with Gasteiger partial charge in [0.25, 0.3) is 6.43 Å². The maximum absolute atomic E-state index is 12.4. The van der Waals surface area contributed by atoms with E-state index in [-0.39, 0.29) is 11.4 Å². The molecule has 1 aromatic heterocycles. The third-order valence-corrected chi connectivity index (χ3v) is 1.71. The van der Waals surface area contributed by atoms with E-state index in [0.717, 1.165) is 6.07 Å². The molecular formula is C9H6F2N2O2. The molecule has 1 rings (SSSR count). The molecule has 0 aliphatic heterocycles. The van der Waals surface area contributed by atoms with E-state index in [0.29, 0.717) is 6.29 Å². The summed E-state index contributed by atoms with van der Waals surface area (Å²) in [5.74, 6) is -0.133. The van der Waals surface area contributed by atoms with Gasteiger partial charge in [-0.3, -0.25) is 4.79 Å². The van der Waals surface area contributed by atoms with E-state index in [9.17, 15) is 13.6 Å². The second kappa shape index (κ2) is 4.46. The fourth-order valence-electron chi connectivity index (χ4n) is 1.03. The summed E-state index contributed by atoms with van der Waals surface area (Å²) in [6.07, 6.45) is -2.50. The summed E-state index contributed by atoms with van der Waals surface area (Å²) in [4.78, 5) is 14.0. The minimum absolute atomic E-state index is 0.105. The van der Waals surface area contributed by atoms with Crippen molar-refractivity contribution >= 4 is 6.29 Å². The first-order chi connectivity index (χ1) is 7.13. The molecule has 0 unspecified atom stereocenters. The highest BCUT2D eigenvalue weighted by Crippen LogP contribution is 2.25. The van der Waals surface area contributed by atoms with Gasteiger partial charge in [0.2, 0.25) is 5.88 Å². The lowest BCUT2D eigenvalue weighted by molar-refractivity contribution is 0.111. The van der Waals surface area contributed by atoms with Crippen molar-refractivity contribution < 1.29 is 18.3 Å². The number of aromatic nitrogens is 1. The number of hydrogen-bond acceptors (Lipinski definition) is 4. The molecule has 0 aliphatic carbocycles. The van der Waals surface area contributed by atoms with E-state index in [1.165, 1.54) is 13.2 Å². The third-order valence-electron chi connectivity index (χ3n) is 1.71. The number of rotatable bonds is 3. The maximum atomic E-state index is 12.4. The predicted octanol–water partition coefficient (Wildman–Crippen LogP) is 1.71. The number of carbonyl (C=O) groups excluding carboxylic acids is 1. The van der Waals surface area contributed by atoms with E-state index in [1.54, 1.807) is 0 Å². The Kier molecular flexibility index (Phi) is 3.29. The number of alkyl halides is 2. The highest BCUT2D eigenvalue weighted by atomic mass is 19.3. The first-order valence-corrected chi connectivity index (χ1v) is 3.86. The minimum atomic E-state index is -2.85. The van der Waals surface area contributed by atoms with Crippen LogP contribution in [0.4, 0.5) is 8.78 Å². The van der Waals surface area contributed by atoms with Gasteiger partial charge in [-0.2, -0.15) is 5.26 Å². The van der Waals surface area contributed by atoms with Crippen molar-refractivity contribution in [2.24, 2.45) is 0 Å². The summed E-state index contributed by atoms with van der Waals surface area (Å²) in [7, 11) is 1.23. The number of nitriles is 1. The lowest BCUT2D eigenvalue weighted by Gasteiger charge is -2.06. The SMILES string of the molecule is COc1nc(C#N)c(C(F)F)cc1C=O. The van der Waals surface area contributed by atoms with Crippen LogP contribution in [0.25, 0.3) is 0 Å². The Labute approximate surface area is 84.1 Å². The molecule has 0 radical (unpaired) electrons. The van der Waals surface area contributed by atoms with E-state index >= 15 is 0 Å². The molecule has 0 saturated heterocycles. The molecule has 78 valence electrons. The largest absolute Gasteiger partial charge is 0.480 e. The minimum Gasteiger partial charge on any atom is -0.480 e. The molecule has 4 nitrogen and oxygen atoms in total. The van der Waals surface area contributed by atoms with Crippen LogP contribution in [-0.4, -0.2) is 18.4 Å². The van der Waals surface area contributed by atoms with Crippen molar-refractivity contribution in [3.8, 4) is 11.9 Å². The standard InChI is InChI=1S/C9H6F2N2O2/c1-15-9-5(4-14)2-6(8(10)11)7(3-12)13-9/h2,4,8H,1H3. The highest BCUT2D eigenvalue weighted by molar-refractivity contribution is 5.79. The van der Waals surface area contributed by atoms with Crippen LogP contribution in [0, 0.1) is 11.3 Å². The molecule has 0 amide bonds. The van der Waals surface area contributed by atoms with Crippen LogP contribution >= 0.6 is 0 Å². The Morgan fingerprint density at radius 1 is 1.67 bits per heavy atom. The molecule has 0 aromatic carbocycles. The molecule has 0 bridgehead atoms. The van der Waals surface area contributed by atoms with Gasteiger partial charge in [-0.25, -0.2) is 13.8 Å². The van der Waals surface area contributed by atoms with Crippen molar-refractivity contribution in [3.63, 3.8) is 0 Å². The summed E-state index contributed by atoms with van der Waals surface area (Å²) in [6, 6.07) is 2.42. The number of nitrogens with zero attached hydrogens (tertiary/aromatic N) is 2. The van der Waals surface area contributed by atoms with Gasteiger partial charge in [0.05, 0.1) is 18.2 Å². The lowest BCUT2D eigenvalue weighted by atomic mass is 10.1. The van der Waals surface area contributed by atoms with Gasteiger partial charge in [0, 0.05) is 0 Å². The van der Waals surface area contributed by atoms with Crippen LogP contribution in [0.1, 0.15) is 28.0 Å². The Balaban J connectivity index is 3.42. The lowest BCUT2D eigenvalue weighted by Crippen LogP contribution is -2.01. The summed E-state index contributed by atoms with van der Waals surface area (Å²) in [6.45, 7) is 0. The number of aldehydes is 1. The van der Waals surface area contributed by atoms with Crippen LogP contribution in [0.15, 0.2) is 6.07 Å². The zero-order valence-electron chi connectivity index (χ0n) is 7.70. The zero-order valence-corrected chi connectivity index (χ0v) is 7.70. The summed E-state index contributed by atoms with van der Waals surface area (Å²) >= 11 is 0. The van der Waals surface area contributed by atoms with Crippen molar-refractivity contribution in [2.75, 3.05) is 7.11 Å². The zero-order chi connectivity index (χ0) is 11.4. The van der Waals surface area contributed by atoms with Gasteiger partial charge in [-0.05, 0) is 6.07 Å². The molecule has 0 spiro atoms. The van der Waals surface area contributed by atoms with Gasteiger partial charge in [-0.15, -0.1) is 0 Å². The van der Waals surface area contributed by atoms with Gasteiger partial charge in [0.15, 0.2) is 12.0 Å². The van der Waals surface area contributed by atoms with Crippen LogP contribution in [-0.2, 0) is 0 Å². The molecule has 6 heteroatoms. The Morgan fingerprint density at radius 3 is 2.73 bits per heavy atom. The molecule has 0 fully saturated rings. The fraction of sp³-hybridized carbons (Fsp3) is 0.222. The molecule has 1 aromatic rings. The molecular weight excluding hydrogens is 206 g/mol. The van der Waals surface area contributed by atoms with E-state index in [1.807, 2.05) is 0 Å². The topological polar surface area (TPSA) is 63.0 Å². The van der Waals surface area contributed by atoms with Crippen LogP contribution in [0.2, 0.25) is 0 Å². The monoisotopic (exact) mass is 212 g/mol. The predicted molar refractivity (Wildman–Crippen MR) is 45.8 cm³/mol. The number of methoxy groups -OCH3 is 1. The Hall–Kier alpha value is -2.03. The van der Waals surface area contributed by atoms with Crippen molar-refractivity contribution in [1.29, 1.82) is 5.26 Å². The molecule has 15 heavy (non-hydrogen) atoms. The van der Waals surface area contributed by atoms with Crippen molar-refractivity contribution in [3.05, 3.63) is 22.9 Å². The molecule has 0 N–H and O–H groups in total. The van der Waals surface area contributed by atoms with Gasteiger partial charge in [-0.1, -0.05) is 0 Å². The Morgan fingerprint density at radius 2 is 2.33 bits per heavy atom. The normalized spacial score (nSPS) is 9.80. The summed E-state index contributed by atoms with van der Waals surface area (Å²) in [5, 5.41) is 8.56. The first kappa shape index (κ1) is 11.0. The second-order valence-corrected chi connectivity index (χ2v) is 2.56.